The number of benzene rings is 2. The zero-order valence-corrected chi connectivity index (χ0v) is 15.7. The van der Waals surface area contributed by atoms with E-state index in [2.05, 4.69) is 25.1 Å². The second-order valence-electron chi connectivity index (χ2n) is 6.79. The largest absolute Gasteiger partial charge is 0.478 e. The minimum absolute atomic E-state index is 0.549. The molecule has 1 N–H and O–H groups in total. The SMILES string of the molecule is CCCCCCCCc1ccc2c(c1C(=O)O)Cc1ccccc1S2. The Morgan fingerprint density at radius 2 is 1.76 bits per heavy atom. The van der Waals surface area contributed by atoms with Crippen molar-refractivity contribution < 1.29 is 9.90 Å². The van der Waals surface area contributed by atoms with Gasteiger partial charge in [0.1, 0.15) is 0 Å². The van der Waals surface area contributed by atoms with E-state index in [1.165, 1.54) is 42.6 Å². The average Bonchev–Trinajstić information content (AvgIpc) is 2.62. The van der Waals surface area contributed by atoms with Crippen LogP contribution in [0.15, 0.2) is 46.2 Å². The molecule has 1 aliphatic heterocycles. The number of carbonyl (C=O) groups is 1. The number of fused-ring (bicyclic) bond motifs is 2. The molecule has 1 aliphatic rings. The smallest absolute Gasteiger partial charge is 0.336 e. The molecule has 3 rings (SSSR count). The van der Waals surface area contributed by atoms with E-state index in [4.69, 9.17) is 0 Å². The fourth-order valence-electron chi connectivity index (χ4n) is 3.58. The highest BCUT2D eigenvalue weighted by molar-refractivity contribution is 7.99. The molecule has 0 fully saturated rings. The van der Waals surface area contributed by atoms with Crippen LogP contribution in [-0.2, 0) is 12.8 Å². The Morgan fingerprint density at radius 1 is 1.00 bits per heavy atom. The fourth-order valence-corrected chi connectivity index (χ4v) is 4.67. The normalized spacial score (nSPS) is 12.5. The summed E-state index contributed by atoms with van der Waals surface area (Å²) in [6.07, 6.45) is 8.96. The first kappa shape index (κ1) is 18.1. The van der Waals surface area contributed by atoms with Crippen LogP contribution in [0.4, 0.5) is 0 Å². The van der Waals surface area contributed by atoms with Crippen molar-refractivity contribution in [2.45, 2.75) is 68.1 Å². The molecule has 0 saturated carbocycles. The van der Waals surface area contributed by atoms with Gasteiger partial charge in [-0.1, -0.05) is 75.1 Å². The van der Waals surface area contributed by atoms with Crippen LogP contribution in [0.3, 0.4) is 0 Å². The van der Waals surface area contributed by atoms with E-state index in [-0.39, 0.29) is 0 Å². The van der Waals surface area contributed by atoms with E-state index in [0.717, 1.165) is 35.3 Å². The van der Waals surface area contributed by atoms with Crippen LogP contribution in [0.1, 0.15) is 72.5 Å². The molecule has 2 nitrogen and oxygen atoms in total. The highest BCUT2D eigenvalue weighted by Gasteiger charge is 2.24. The Balaban J connectivity index is 1.76. The maximum absolute atomic E-state index is 12.0. The van der Waals surface area contributed by atoms with Crippen molar-refractivity contribution in [2.75, 3.05) is 0 Å². The molecule has 132 valence electrons. The topological polar surface area (TPSA) is 37.3 Å². The summed E-state index contributed by atoms with van der Waals surface area (Å²) in [4.78, 5) is 14.3. The fraction of sp³-hybridized carbons (Fsp3) is 0.409. The summed E-state index contributed by atoms with van der Waals surface area (Å²) < 4.78 is 0. The van der Waals surface area contributed by atoms with Crippen molar-refractivity contribution in [3.63, 3.8) is 0 Å². The predicted octanol–water partition coefficient (Wildman–Crippen LogP) is 6.34. The quantitative estimate of drug-likeness (QED) is 0.479. The number of hydrogen-bond donors (Lipinski definition) is 1. The van der Waals surface area contributed by atoms with E-state index < -0.39 is 5.97 Å². The monoisotopic (exact) mass is 354 g/mol. The first-order chi connectivity index (χ1) is 12.2. The molecule has 0 aliphatic carbocycles. The third-order valence-electron chi connectivity index (χ3n) is 4.93. The van der Waals surface area contributed by atoms with E-state index >= 15 is 0 Å². The maximum Gasteiger partial charge on any atom is 0.336 e. The average molecular weight is 355 g/mol. The molecule has 0 amide bonds. The summed E-state index contributed by atoms with van der Waals surface area (Å²) in [5.41, 5.74) is 3.79. The van der Waals surface area contributed by atoms with Gasteiger partial charge in [0.15, 0.2) is 0 Å². The molecule has 2 aromatic carbocycles. The summed E-state index contributed by atoms with van der Waals surface area (Å²) in [5.74, 6) is -0.780. The zero-order chi connectivity index (χ0) is 17.6. The van der Waals surface area contributed by atoms with Gasteiger partial charge in [-0.15, -0.1) is 0 Å². The Morgan fingerprint density at radius 3 is 2.56 bits per heavy atom. The van der Waals surface area contributed by atoms with Gasteiger partial charge in [0, 0.05) is 16.2 Å². The lowest BCUT2D eigenvalue weighted by Gasteiger charge is -2.22. The highest BCUT2D eigenvalue weighted by atomic mass is 32.2. The number of unbranched alkanes of at least 4 members (excludes halogenated alkanes) is 5. The lowest BCUT2D eigenvalue weighted by Crippen LogP contribution is -2.12. The molecule has 3 heteroatoms. The molecular weight excluding hydrogens is 328 g/mol. The molecule has 0 radical (unpaired) electrons. The van der Waals surface area contributed by atoms with Crippen LogP contribution in [-0.4, -0.2) is 11.1 Å². The van der Waals surface area contributed by atoms with Crippen LogP contribution >= 0.6 is 11.8 Å². The molecule has 0 saturated heterocycles. The number of aromatic carboxylic acids is 1. The lowest BCUT2D eigenvalue weighted by atomic mass is 9.92. The summed E-state index contributed by atoms with van der Waals surface area (Å²) in [6.45, 7) is 2.22. The molecule has 0 aromatic heterocycles. The second-order valence-corrected chi connectivity index (χ2v) is 7.87. The Bertz CT molecular complexity index is 752. The third kappa shape index (κ3) is 4.27. The van der Waals surface area contributed by atoms with E-state index in [1.54, 1.807) is 11.8 Å². The van der Waals surface area contributed by atoms with Crippen LogP contribution in [0.2, 0.25) is 0 Å². The van der Waals surface area contributed by atoms with Crippen molar-refractivity contribution in [1.82, 2.24) is 0 Å². The number of carboxylic acids is 1. The van der Waals surface area contributed by atoms with Crippen molar-refractivity contribution >= 4 is 17.7 Å². The highest BCUT2D eigenvalue weighted by Crippen LogP contribution is 2.41. The molecule has 1 heterocycles. The van der Waals surface area contributed by atoms with Crippen LogP contribution in [0, 0.1) is 0 Å². The van der Waals surface area contributed by atoms with Crippen molar-refractivity contribution in [2.24, 2.45) is 0 Å². The van der Waals surface area contributed by atoms with Gasteiger partial charge in [0.25, 0.3) is 0 Å². The van der Waals surface area contributed by atoms with Gasteiger partial charge in [-0.05, 0) is 41.7 Å². The Kier molecular flexibility index (Phi) is 6.19. The molecular formula is C22H26O2S. The van der Waals surface area contributed by atoms with Gasteiger partial charge in [0.2, 0.25) is 0 Å². The predicted molar refractivity (Wildman–Crippen MR) is 104 cm³/mol. The number of rotatable bonds is 8. The molecule has 0 spiro atoms. The molecule has 0 bridgehead atoms. The lowest BCUT2D eigenvalue weighted by molar-refractivity contribution is 0.0694. The van der Waals surface area contributed by atoms with Crippen LogP contribution in [0.5, 0.6) is 0 Å². The van der Waals surface area contributed by atoms with E-state index in [0.29, 0.717) is 5.56 Å². The van der Waals surface area contributed by atoms with Gasteiger partial charge >= 0.3 is 5.97 Å². The number of hydrogen-bond acceptors (Lipinski definition) is 2. The first-order valence-corrected chi connectivity index (χ1v) is 10.2. The first-order valence-electron chi connectivity index (χ1n) is 9.34. The second kappa shape index (κ2) is 8.57. The minimum atomic E-state index is -0.780. The zero-order valence-electron chi connectivity index (χ0n) is 14.9. The summed E-state index contributed by atoms with van der Waals surface area (Å²) in [6, 6.07) is 12.5. The molecule has 2 aromatic rings. The Hall–Kier alpha value is -1.74. The van der Waals surface area contributed by atoms with E-state index in [1.807, 2.05) is 18.2 Å². The van der Waals surface area contributed by atoms with Gasteiger partial charge < -0.3 is 5.11 Å². The summed E-state index contributed by atoms with van der Waals surface area (Å²) >= 11 is 1.70. The van der Waals surface area contributed by atoms with Crippen molar-refractivity contribution in [1.29, 1.82) is 0 Å². The summed E-state index contributed by atoms with van der Waals surface area (Å²) in [7, 11) is 0. The van der Waals surface area contributed by atoms with Gasteiger partial charge in [0.05, 0.1) is 5.56 Å². The minimum Gasteiger partial charge on any atom is -0.478 e. The summed E-state index contributed by atoms with van der Waals surface area (Å²) in [5, 5.41) is 9.83. The number of aryl methyl sites for hydroxylation is 1. The molecule has 25 heavy (non-hydrogen) atoms. The molecule has 0 atom stereocenters. The van der Waals surface area contributed by atoms with Crippen LogP contribution in [0.25, 0.3) is 0 Å². The van der Waals surface area contributed by atoms with Gasteiger partial charge in [-0.3, -0.25) is 0 Å². The standard InChI is InChI=1S/C22H26O2S/c1-2-3-4-5-6-7-10-16-13-14-20-18(21(16)22(23)24)15-17-11-8-9-12-19(17)25-20/h8-9,11-14H,2-7,10,15H2,1H3,(H,23,24). The molecule has 0 unspecified atom stereocenters. The van der Waals surface area contributed by atoms with Crippen molar-refractivity contribution in [3.05, 3.63) is 58.7 Å². The number of carboxylic acid groups (broad SMARTS) is 1. The van der Waals surface area contributed by atoms with Crippen LogP contribution < -0.4 is 0 Å². The van der Waals surface area contributed by atoms with Gasteiger partial charge in [-0.2, -0.15) is 0 Å². The Labute approximate surface area is 154 Å². The van der Waals surface area contributed by atoms with Crippen molar-refractivity contribution in [3.8, 4) is 0 Å². The van der Waals surface area contributed by atoms with Gasteiger partial charge in [-0.25, -0.2) is 4.79 Å². The van der Waals surface area contributed by atoms with E-state index in [9.17, 15) is 9.90 Å². The maximum atomic E-state index is 12.0. The third-order valence-corrected chi connectivity index (χ3v) is 6.15.